The van der Waals surface area contributed by atoms with Gasteiger partial charge in [-0.3, -0.25) is 4.90 Å². The molecule has 4 heteroatoms. The Morgan fingerprint density at radius 1 is 1.21 bits per heavy atom. The Bertz CT molecular complexity index is 142. The highest BCUT2D eigenvalue weighted by atomic mass is 35.5. The van der Waals surface area contributed by atoms with Gasteiger partial charge in [-0.25, -0.2) is 0 Å². The maximum Gasteiger partial charge on any atom is 0.0700 e. The van der Waals surface area contributed by atoms with Crippen molar-refractivity contribution in [1.29, 1.82) is 0 Å². The highest BCUT2D eigenvalue weighted by Crippen LogP contribution is 2.26. The zero-order valence-electron chi connectivity index (χ0n) is 8.88. The first-order valence-corrected chi connectivity index (χ1v) is 5.78. The van der Waals surface area contributed by atoms with Gasteiger partial charge in [0.15, 0.2) is 0 Å². The molecule has 0 aromatic heterocycles. The summed E-state index contributed by atoms with van der Waals surface area (Å²) in [4.78, 5) is 2.42. The topological polar surface area (TPSA) is 21.7 Å². The second-order valence-electron chi connectivity index (χ2n) is 3.56. The molecule has 0 N–H and O–H groups in total. The van der Waals surface area contributed by atoms with Crippen LogP contribution < -0.4 is 0 Å². The van der Waals surface area contributed by atoms with Crippen molar-refractivity contribution in [3.8, 4) is 0 Å². The maximum atomic E-state index is 5.73. The van der Waals surface area contributed by atoms with Gasteiger partial charge in [-0.2, -0.15) is 0 Å². The summed E-state index contributed by atoms with van der Waals surface area (Å²) >= 11 is 5.73. The molecule has 0 heterocycles. The highest BCUT2D eigenvalue weighted by molar-refractivity contribution is 6.18. The SMILES string of the molecule is COCCOCCN(CCCl)C1CC1. The molecule has 0 radical (unpaired) electrons. The van der Waals surface area contributed by atoms with Gasteiger partial charge in [0.05, 0.1) is 19.8 Å². The molecule has 84 valence electrons. The molecular weight excluding hydrogens is 202 g/mol. The number of halogens is 1. The van der Waals surface area contributed by atoms with Gasteiger partial charge in [-0.05, 0) is 12.8 Å². The van der Waals surface area contributed by atoms with Crippen LogP contribution in [0.2, 0.25) is 0 Å². The Morgan fingerprint density at radius 3 is 2.57 bits per heavy atom. The van der Waals surface area contributed by atoms with Crippen LogP contribution in [0.15, 0.2) is 0 Å². The van der Waals surface area contributed by atoms with Crippen molar-refractivity contribution in [2.45, 2.75) is 18.9 Å². The molecule has 1 rings (SSSR count). The Hall–Kier alpha value is 0.170. The number of hydrogen-bond acceptors (Lipinski definition) is 3. The summed E-state index contributed by atoms with van der Waals surface area (Å²) in [5.74, 6) is 0.717. The molecule has 0 spiro atoms. The van der Waals surface area contributed by atoms with Gasteiger partial charge in [0.2, 0.25) is 0 Å². The second kappa shape index (κ2) is 7.46. The van der Waals surface area contributed by atoms with Crippen molar-refractivity contribution < 1.29 is 9.47 Å². The Labute approximate surface area is 91.3 Å². The predicted molar refractivity (Wildman–Crippen MR) is 58.0 cm³/mol. The highest BCUT2D eigenvalue weighted by Gasteiger charge is 2.27. The van der Waals surface area contributed by atoms with Crippen LogP contribution in [0.5, 0.6) is 0 Å². The van der Waals surface area contributed by atoms with E-state index in [-0.39, 0.29) is 0 Å². The predicted octanol–water partition coefficient (Wildman–Crippen LogP) is 1.35. The van der Waals surface area contributed by atoms with Gasteiger partial charge in [-0.15, -0.1) is 11.6 Å². The van der Waals surface area contributed by atoms with E-state index in [2.05, 4.69) is 4.90 Å². The standard InChI is InChI=1S/C10H20ClNO2/c1-13-8-9-14-7-6-12(5-4-11)10-2-3-10/h10H,2-9H2,1H3. The first-order chi connectivity index (χ1) is 6.88. The van der Waals surface area contributed by atoms with Crippen LogP contribution in [0.25, 0.3) is 0 Å². The first kappa shape index (κ1) is 12.2. The van der Waals surface area contributed by atoms with Crippen LogP contribution in [-0.4, -0.2) is 56.8 Å². The zero-order chi connectivity index (χ0) is 10.2. The Kier molecular flexibility index (Phi) is 6.52. The van der Waals surface area contributed by atoms with E-state index in [1.807, 2.05) is 0 Å². The lowest BCUT2D eigenvalue weighted by molar-refractivity contribution is 0.0568. The van der Waals surface area contributed by atoms with Gasteiger partial charge in [0.1, 0.15) is 0 Å². The third-order valence-electron chi connectivity index (χ3n) is 2.39. The molecule has 1 aliphatic carbocycles. The summed E-state index contributed by atoms with van der Waals surface area (Å²) in [7, 11) is 1.69. The molecule has 1 aliphatic rings. The molecule has 14 heavy (non-hydrogen) atoms. The zero-order valence-corrected chi connectivity index (χ0v) is 9.63. The lowest BCUT2D eigenvalue weighted by Crippen LogP contribution is -2.31. The van der Waals surface area contributed by atoms with Crippen molar-refractivity contribution in [3.63, 3.8) is 0 Å². The van der Waals surface area contributed by atoms with Crippen LogP contribution in [-0.2, 0) is 9.47 Å². The van der Waals surface area contributed by atoms with Crippen LogP contribution >= 0.6 is 11.6 Å². The summed E-state index contributed by atoms with van der Waals surface area (Å²) < 4.78 is 10.3. The van der Waals surface area contributed by atoms with Crippen LogP contribution in [0.4, 0.5) is 0 Å². The average Bonchev–Trinajstić information content (AvgIpc) is 2.99. The van der Waals surface area contributed by atoms with E-state index in [1.54, 1.807) is 7.11 Å². The fraction of sp³-hybridized carbons (Fsp3) is 1.00. The van der Waals surface area contributed by atoms with Crippen molar-refractivity contribution in [2.75, 3.05) is 45.9 Å². The third kappa shape index (κ3) is 5.15. The third-order valence-corrected chi connectivity index (χ3v) is 2.56. The van der Waals surface area contributed by atoms with Gasteiger partial charge in [-0.1, -0.05) is 0 Å². The first-order valence-electron chi connectivity index (χ1n) is 5.25. The number of ether oxygens (including phenoxy) is 2. The van der Waals surface area contributed by atoms with E-state index in [0.717, 1.165) is 25.7 Å². The summed E-state index contributed by atoms with van der Waals surface area (Å²) in [6.45, 7) is 4.15. The molecule has 1 fully saturated rings. The minimum atomic E-state index is 0.679. The summed E-state index contributed by atoms with van der Waals surface area (Å²) in [5.41, 5.74) is 0. The summed E-state index contributed by atoms with van der Waals surface area (Å²) in [6.07, 6.45) is 2.66. The van der Waals surface area contributed by atoms with E-state index in [9.17, 15) is 0 Å². The van der Waals surface area contributed by atoms with Gasteiger partial charge < -0.3 is 9.47 Å². The maximum absolute atomic E-state index is 5.73. The van der Waals surface area contributed by atoms with E-state index >= 15 is 0 Å². The quantitative estimate of drug-likeness (QED) is 0.434. The molecule has 0 aromatic rings. The van der Waals surface area contributed by atoms with Crippen LogP contribution in [0.3, 0.4) is 0 Å². The number of nitrogens with zero attached hydrogens (tertiary/aromatic N) is 1. The fourth-order valence-electron chi connectivity index (χ4n) is 1.45. The molecular formula is C10H20ClNO2. The molecule has 0 saturated heterocycles. The van der Waals surface area contributed by atoms with Crippen molar-refractivity contribution in [2.24, 2.45) is 0 Å². The molecule has 0 bridgehead atoms. The molecule has 1 saturated carbocycles. The molecule has 0 atom stereocenters. The Balaban J connectivity index is 1.96. The van der Waals surface area contributed by atoms with E-state index in [4.69, 9.17) is 21.1 Å². The van der Waals surface area contributed by atoms with Gasteiger partial charge in [0, 0.05) is 32.1 Å². The average molecular weight is 222 g/mol. The van der Waals surface area contributed by atoms with Crippen LogP contribution in [0.1, 0.15) is 12.8 Å². The van der Waals surface area contributed by atoms with E-state index in [1.165, 1.54) is 12.8 Å². The van der Waals surface area contributed by atoms with E-state index < -0.39 is 0 Å². The monoisotopic (exact) mass is 221 g/mol. The van der Waals surface area contributed by atoms with E-state index in [0.29, 0.717) is 19.1 Å². The van der Waals surface area contributed by atoms with Crippen molar-refractivity contribution in [3.05, 3.63) is 0 Å². The van der Waals surface area contributed by atoms with Gasteiger partial charge >= 0.3 is 0 Å². The number of alkyl halides is 1. The Morgan fingerprint density at radius 2 is 2.00 bits per heavy atom. The van der Waals surface area contributed by atoms with Gasteiger partial charge in [0.25, 0.3) is 0 Å². The second-order valence-corrected chi connectivity index (χ2v) is 3.94. The normalized spacial score (nSPS) is 16.5. The summed E-state index contributed by atoms with van der Waals surface area (Å²) in [5, 5.41) is 0. The molecule has 0 unspecified atom stereocenters. The summed E-state index contributed by atoms with van der Waals surface area (Å²) in [6, 6.07) is 0.778. The number of rotatable bonds is 9. The molecule has 0 aromatic carbocycles. The minimum Gasteiger partial charge on any atom is -0.382 e. The molecule has 3 nitrogen and oxygen atoms in total. The molecule has 0 aliphatic heterocycles. The van der Waals surface area contributed by atoms with Crippen molar-refractivity contribution in [1.82, 2.24) is 4.90 Å². The number of methoxy groups -OCH3 is 1. The minimum absolute atomic E-state index is 0.679. The smallest absolute Gasteiger partial charge is 0.0700 e. The van der Waals surface area contributed by atoms with Crippen LogP contribution in [0, 0.1) is 0 Å². The number of hydrogen-bond donors (Lipinski definition) is 0. The fourth-order valence-corrected chi connectivity index (χ4v) is 1.67. The lowest BCUT2D eigenvalue weighted by Gasteiger charge is -2.20. The lowest BCUT2D eigenvalue weighted by atomic mass is 10.4. The largest absolute Gasteiger partial charge is 0.382 e. The van der Waals surface area contributed by atoms with Crippen molar-refractivity contribution >= 4 is 11.6 Å². The molecule has 0 amide bonds.